The van der Waals surface area contributed by atoms with Crippen LogP contribution in [0.4, 0.5) is 13.2 Å². The number of ether oxygens (including phenoxy) is 1. The van der Waals surface area contributed by atoms with Crippen molar-refractivity contribution >= 4 is 11.0 Å². The number of pyridine rings is 1. The number of aromatic nitrogens is 2. The first-order valence-corrected chi connectivity index (χ1v) is 9.02. The van der Waals surface area contributed by atoms with Crippen LogP contribution in [0.25, 0.3) is 22.2 Å². The maximum absolute atomic E-state index is 13.6. The van der Waals surface area contributed by atoms with Crippen LogP contribution in [0.2, 0.25) is 0 Å². The molecule has 2 aromatic heterocycles. The van der Waals surface area contributed by atoms with Crippen LogP contribution < -0.4 is 4.74 Å². The Bertz CT molecular complexity index is 915. The minimum Gasteiger partial charge on any atom is -0.493 e. The van der Waals surface area contributed by atoms with Crippen molar-refractivity contribution in [1.82, 2.24) is 9.97 Å². The van der Waals surface area contributed by atoms with Gasteiger partial charge in [-0.3, -0.25) is 4.98 Å². The molecule has 0 saturated heterocycles. The fraction of sp³-hybridized carbons (Fsp3) is 0.381. The lowest BCUT2D eigenvalue weighted by atomic mass is 9.99. The van der Waals surface area contributed by atoms with Gasteiger partial charge in [0.15, 0.2) is 0 Å². The smallest absolute Gasteiger partial charge is 0.419 e. The molecule has 0 aliphatic carbocycles. The first-order valence-electron chi connectivity index (χ1n) is 9.02. The molecule has 0 amide bonds. The van der Waals surface area contributed by atoms with Gasteiger partial charge in [0.05, 0.1) is 23.2 Å². The largest absolute Gasteiger partial charge is 0.493 e. The first-order chi connectivity index (χ1) is 12.8. The standard InChI is InChI=1S/C21H23F3N2O/c1-13(2)10-14(3)12-27-19-5-4-15(11-17(19)21(22,23)24)16-6-8-25-18-7-9-26-20(16)18/h4-9,11,13-14,26H,10,12H2,1-3H3/t14-/m0/s1. The number of hydrogen-bond donors (Lipinski definition) is 1. The highest BCUT2D eigenvalue weighted by Crippen LogP contribution is 2.40. The predicted octanol–water partition coefficient (Wildman–Crippen LogP) is 6.31. The number of alkyl halides is 3. The lowest BCUT2D eigenvalue weighted by molar-refractivity contribution is -0.139. The van der Waals surface area contributed by atoms with Crippen LogP contribution in [0.15, 0.2) is 42.7 Å². The summed E-state index contributed by atoms with van der Waals surface area (Å²) in [6.07, 6.45) is -0.272. The zero-order chi connectivity index (χ0) is 19.6. The molecular weight excluding hydrogens is 353 g/mol. The highest BCUT2D eigenvalue weighted by molar-refractivity contribution is 5.91. The van der Waals surface area contributed by atoms with Crippen molar-refractivity contribution < 1.29 is 17.9 Å². The van der Waals surface area contributed by atoms with E-state index >= 15 is 0 Å². The number of aromatic amines is 1. The third-order valence-electron chi connectivity index (χ3n) is 4.44. The Morgan fingerprint density at radius 1 is 1.11 bits per heavy atom. The molecule has 0 aliphatic heterocycles. The molecule has 3 nitrogen and oxygen atoms in total. The van der Waals surface area contributed by atoms with Crippen LogP contribution in [-0.2, 0) is 6.18 Å². The number of fused-ring (bicyclic) bond motifs is 1. The Hall–Kier alpha value is -2.50. The van der Waals surface area contributed by atoms with Crippen LogP contribution in [-0.4, -0.2) is 16.6 Å². The van der Waals surface area contributed by atoms with E-state index in [-0.39, 0.29) is 18.3 Å². The van der Waals surface area contributed by atoms with E-state index in [4.69, 9.17) is 4.74 Å². The number of halogens is 3. The van der Waals surface area contributed by atoms with Crippen molar-refractivity contribution in [2.75, 3.05) is 6.61 Å². The van der Waals surface area contributed by atoms with Gasteiger partial charge in [-0.2, -0.15) is 13.2 Å². The molecular formula is C21H23F3N2O. The third-order valence-corrected chi connectivity index (χ3v) is 4.44. The Balaban J connectivity index is 1.94. The summed E-state index contributed by atoms with van der Waals surface area (Å²) in [5.74, 6) is 0.533. The lowest BCUT2D eigenvalue weighted by Crippen LogP contribution is -2.14. The van der Waals surface area contributed by atoms with E-state index in [1.807, 2.05) is 6.92 Å². The van der Waals surface area contributed by atoms with Gasteiger partial charge in [-0.25, -0.2) is 0 Å². The fourth-order valence-electron chi connectivity index (χ4n) is 3.35. The van der Waals surface area contributed by atoms with Crippen molar-refractivity contribution in [3.05, 3.63) is 48.3 Å². The van der Waals surface area contributed by atoms with Crippen LogP contribution in [0, 0.1) is 11.8 Å². The zero-order valence-electron chi connectivity index (χ0n) is 15.6. The van der Waals surface area contributed by atoms with E-state index in [2.05, 4.69) is 23.8 Å². The van der Waals surface area contributed by atoms with Crippen molar-refractivity contribution in [2.45, 2.75) is 33.4 Å². The summed E-state index contributed by atoms with van der Waals surface area (Å²) in [5, 5.41) is 0. The molecule has 6 heteroatoms. The van der Waals surface area contributed by atoms with Crippen molar-refractivity contribution in [3.8, 4) is 16.9 Å². The summed E-state index contributed by atoms with van der Waals surface area (Å²) < 4.78 is 46.4. The Morgan fingerprint density at radius 2 is 1.89 bits per heavy atom. The van der Waals surface area contributed by atoms with Crippen molar-refractivity contribution in [2.24, 2.45) is 11.8 Å². The summed E-state index contributed by atoms with van der Waals surface area (Å²) in [7, 11) is 0. The first kappa shape index (κ1) is 19.3. The maximum atomic E-state index is 13.6. The quantitative estimate of drug-likeness (QED) is 0.547. The number of H-pyrrole nitrogens is 1. The minimum absolute atomic E-state index is 0.126. The Labute approximate surface area is 156 Å². The third kappa shape index (κ3) is 4.43. The minimum atomic E-state index is -4.49. The van der Waals surface area contributed by atoms with E-state index < -0.39 is 11.7 Å². The molecule has 2 heterocycles. The zero-order valence-corrected chi connectivity index (χ0v) is 15.6. The van der Waals surface area contributed by atoms with Gasteiger partial charge >= 0.3 is 6.18 Å². The van der Waals surface area contributed by atoms with Crippen LogP contribution in [0.3, 0.4) is 0 Å². The van der Waals surface area contributed by atoms with E-state index in [0.29, 0.717) is 28.1 Å². The summed E-state index contributed by atoms with van der Waals surface area (Å²) in [4.78, 5) is 7.25. The molecule has 144 valence electrons. The molecule has 0 radical (unpaired) electrons. The van der Waals surface area contributed by atoms with Gasteiger partial charge in [0, 0.05) is 18.0 Å². The van der Waals surface area contributed by atoms with Gasteiger partial charge in [-0.1, -0.05) is 26.8 Å². The molecule has 3 rings (SSSR count). The summed E-state index contributed by atoms with van der Waals surface area (Å²) in [6.45, 7) is 6.42. The van der Waals surface area contributed by atoms with Crippen LogP contribution >= 0.6 is 0 Å². The molecule has 0 bridgehead atoms. The van der Waals surface area contributed by atoms with E-state index in [0.717, 1.165) is 12.5 Å². The summed E-state index contributed by atoms with van der Waals surface area (Å²) >= 11 is 0. The molecule has 0 fully saturated rings. The number of hydrogen-bond acceptors (Lipinski definition) is 2. The lowest BCUT2D eigenvalue weighted by Gasteiger charge is -2.19. The van der Waals surface area contributed by atoms with Gasteiger partial charge in [0.1, 0.15) is 5.75 Å². The normalized spacial score (nSPS) is 13.3. The van der Waals surface area contributed by atoms with Gasteiger partial charge in [0.25, 0.3) is 0 Å². The fourth-order valence-corrected chi connectivity index (χ4v) is 3.35. The van der Waals surface area contributed by atoms with Gasteiger partial charge < -0.3 is 9.72 Å². The van der Waals surface area contributed by atoms with E-state index in [9.17, 15) is 13.2 Å². The van der Waals surface area contributed by atoms with E-state index in [1.54, 1.807) is 30.6 Å². The second kappa shape index (κ2) is 7.62. The van der Waals surface area contributed by atoms with Crippen molar-refractivity contribution in [3.63, 3.8) is 0 Å². The monoisotopic (exact) mass is 376 g/mol. The number of benzene rings is 1. The molecule has 0 spiro atoms. The highest BCUT2D eigenvalue weighted by Gasteiger charge is 2.35. The topological polar surface area (TPSA) is 37.9 Å². The molecule has 0 unspecified atom stereocenters. The van der Waals surface area contributed by atoms with E-state index in [1.165, 1.54) is 6.07 Å². The number of nitrogens with zero attached hydrogens (tertiary/aromatic N) is 1. The SMILES string of the molecule is CC(C)C[C@H](C)COc1ccc(-c2ccnc3cc[nH]c23)cc1C(F)(F)F. The second-order valence-electron chi connectivity index (χ2n) is 7.35. The van der Waals surface area contributed by atoms with Gasteiger partial charge in [0.2, 0.25) is 0 Å². The predicted molar refractivity (Wildman–Crippen MR) is 101 cm³/mol. The van der Waals surface area contributed by atoms with Gasteiger partial charge in [-0.15, -0.1) is 0 Å². The Kier molecular flexibility index (Phi) is 5.44. The van der Waals surface area contributed by atoms with Crippen LogP contribution in [0.5, 0.6) is 5.75 Å². The molecule has 1 aromatic carbocycles. The highest BCUT2D eigenvalue weighted by atomic mass is 19.4. The van der Waals surface area contributed by atoms with Crippen molar-refractivity contribution in [1.29, 1.82) is 0 Å². The number of nitrogens with one attached hydrogen (secondary N) is 1. The summed E-state index contributed by atoms with van der Waals surface area (Å²) in [5.41, 5.74) is 1.82. The molecule has 3 aromatic rings. The molecule has 0 saturated carbocycles. The molecule has 27 heavy (non-hydrogen) atoms. The van der Waals surface area contributed by atoms with Gasteiger partial charge in [-0.05, 0) is 48.1 Å². The molecule has 0 aliphatic rings. The second-order valence-corrected chi connectivity index (χ2v) is 7.35. The van der Waals surface area contributed by atoms with Crippen LogP contribution in [0.1, 0.15) is 32.8 Å². The number of rotatable bonds is 6. The molecule has 1 atom stereocenters. The average Bonchev–Trinajstić information content (AvgIpc) is 3.07. The average molecular weight is 376 g/mol. The molecule has 1 N–H and O–H groups in total. The maximum Gasteiger partial charge on any atom is 0.419 e. The Morgan fingerprint density at radius 3 is 2.59 bits per heavy atom. The summed E-state index contributed by atoms with van der Waals surface area (Å²) in [6, 6.07) is 7.72.